The zero-order valence-corrected chi connectivity index (χ0v) is 20.5. The number of halogens is 1. The molecule has 35 heavy (non-hydrogen) atoms. The molecular weight excluding hydrogens is 437 g/mol. The smallest absolute Gasteiger partial charge is 0.123 e. The number of likely N-dealkylation sites (tertiary alicyclic amines) is 1. The highest BCUT2D eigenvalue weighted by Crippen LogP contribution is 2.20. The number of aromatic nitrogens is 1. The van der Waals surface area contributed by atoms with Gasteiger partial charge in [0.25, 0.3) is 0 Å². The van der Waals surface area contributed by atoms with Crippen molar-refractivity contribution < 1.29 is 4.39 Å². The van der Waals surface area contributed by atoms with Gasteiger partial charge in [0.15, 0.2) is 0 Å². The maximum atomic E-state index is 13.0. The predicted octanol–water partition coefficient (Wildman–Crippen LogP) is 4.98. The summed E-state index contributed by atoms with van der Waals surface area (Å²) >= 11 is 0. The number of benzene rings is 2. The van der Waals surface area contributed by atoms with Gasteiger partial charge in [-0.25, -0.2) is 9.37 Å². The quantitative estimate of drug-likeness (QED) is 0.448. The molecule has 186 valence electrons. The van der Waals surface area contributed by atoms with Crippen LogP contribution in [-0.4, -0.2) is 29.1 Å². The van der Waals surface area contributed by atoms with Gasteiger partial charge < -0.3 is 22.1 Å². The molecule has 3 aromatic rings. The molecule has 1 fully saturated rings. The Bertz CT molecular complexity index is 1020. The molecule has 0 bridgehead atoms. The number of nitrogens with zero attached hydrogens (tertiary/aromatic N) is 2. The molecule has 0 aliphatic carbocycles. The Morgan fingerprint density at radius 1 is 1.03 bits per heavy atom. The maximum absolute atomic E-state index is 13.0. The van der Waals surface area contributed by atoms with E-state index in [1.165, 1.54) is 22.9 Å². The van der Waals surface area contributed by atoms with Gasteiger partial charge in [0, 0.05) is 31.5 Å². The van der Waals surface area contributed by atoms with E-state index >= 15 is 0 Å². The van der Waals surface area contributed by atoms with Crippen molar-refractivity contribution in [3.63, 3.8) is 0 Å². The highest BCUT2D eigenvalue weighted by molar-refractivity contribution is 5.32. The first-order valence-electron chi connectivity index (χ1n) is 11.9. The van der Waals surface area contributed by atoms with Crippen molar-refractivity contribution in [1.82, 2.24) is 9.88 Å². The lowest BCUT2D eigenvalue weighted by atomic mass is 10.0. The number of nitrogen functional groups attached to an aromatic ring is 1. The number of allylic oxidation sites excluding steroid dienone is 1. The third-order valence-electron chi connectivity index (χ3n) is 5.64. The number of hydrogen-bond donors (Lipinski definition) is 3. The summed E-state index contributed by atoms with van der Waals surface area (Å²) in [6.45, 7) is 9.06. The molecule has 1 aliphatic heterocycles. The topological polar surface area (TPSA) is 94.2 Å². The van der Waals surface area contributed by atoms with Crippen molar-refractivity contribution in [2.24, 2.45) is 11.5 Å². The molecule has 0 amide bonds. The third kappa shape index (κ3) is 10.4. The summed E-state index contributed by atoms with van der Waals surface area (Å²) in [7, 11) is 0. The van der Waals surface area contributed by atoms with Crippen LogP contribution in [0.5, 0.6) is 0 Å². The first kappa shape index (κ1) is 27.6. The van der Waals surface area contributed by atoms with E-state index in [1.807, 2.05) is 23.1 Å². The van der Waals surface area contributed by atoms with Gasteiger partial charge in [0.1, 0.15) is 12.0 Å². The van der Waals surface area contributed by atoms with E-state index < -0.39 is 6.17 Å². The second kappa shape index (κ2) is 15.3. The summed E-state index contributed by atoms with van der Waals surface area (Å²) in [6, 6.07) is 22.8. The fraction of sp³-hybridized carbons (Fsp3) is 0.276. The Labute approximate surface area is 209 Å². The standard InChI is InChI=1S/C14H15N.C13H18FN3.C2H5N/c15-11-14-8-6-13(7-9-14)10-12-4-2-1-3-5-12;1-10(17-7-5-12(14)9-17)2-3-11-4-6-16-13(15)8-11;1-2-3/h1-9H,10-11,15H2;4,6,8,12H,1-3,5,7,9H2,(H2,15,16);2H,1,3H2. The van der Waals surface area contributed by atoms with Crippen molar-refractivity contribution >= 4 is 5.82 Å². The summed E-state index contributed by atoms with van der Waals surface area (Å²) in [5.41, 5.74) is 21.8. The van der Waals surface area contributed by atoms with Crippen molar-refractivity contribution in [3.8, 4) is 0 Å². The molecule has 6 N–H and O–H groups in total. The number of anilines is 1. The minimum Gasteiger partial charge on any atom is -0.405 e. The lowest BCUT2D eigenvalue weighted by Crippen LogP contribution is -2.20. The van der Waals surface area contributed by atoms with Crippen LogP contribution in [0.1, 0.15) is 35.1 Å². The number of hydrogen-bond acceptors (Lipinski definition) is 5. The Kier molecular flexibility index (Phi) is 12.1. The predicted molar refractivity (Wildman–Crippen MR) is 145 cm³/mol. The van der Waals surface area contributed by atoms with Gasteiger partial charge in [-0.1, -0.05) is 67.8 Å². The van der Waals surface area contributed by atoms with Crippen LogP contribution in [0.15, 0.2) is 98.0 Å². The number of alkyl halides is 1. The highest BCUT2D eigenvalue weighted by atomic mass is 19.1. The lowest BCUT2D eigenvalue weighted by Gasteiger charge is -2.20. The van der Waals surface area contributed by atoms with Crippen LogP contribution in [0.2, 0.25) is 0 Å². The second-order valence-corrected chi connectivity index (χ2v) is 8.41. The third-order valence-corrected chi connectivity index (χ3v) is 5.64. The molecular formula is C29H38FN5. The van der Waals surface area contributed by atoms with Gasteiger partial charge in [0.2, 0.25) is 0 Å². The average Bonchev–Trinajstić information content (AvgIpc) is 3.31. The van der Waals surface area contributed by atoms with Crippen LogP contribution < -0.4 is 17.2 Å². The van der Waals surface area contributed by atoms with Crippen LogP contribution >= 0.6 is 0 Å². The second-order valence-electron chi connectivity index (χ2n) is 8.41. The lowest BCUT2D eigenvalue weighted by molar-refractivity contribution is 0.320. The minimum absolute atomic E-state index is 0.497. The zero-order valence-electron chi connectivity index (χ0n) is 20.5. The van der Waals surface area contributed by atoms with Crippen LogP contribution in [0.25, 0.3) is 0 Å². The molecule has 1 atom stereocenters. The maximum Gasteiger partial charge on any atom is 0.123 e. The monoisotopic (exact) mass is 475 g/mol. The molecule has 4 rings (SSSR count). The summed E-state index contributed by atoms with van der Waals surface area (Å²) in [5.74, 6) is 0.540. The SMILES string of the molecule is C=C(CCc1ccnc(N)c1)N1CCC(F)C1.C=CN.NCc1ccc(Cc2ccccc2)cc1. The molecule has 1 saturated heterocycles. The molecule has 6 heteroatoms. The van der Waals surface area contributed by atoms with E-state index in [0.29, 0.717) is 25.3 Å². The van der Waals surface area contributed by atoms with Gasteiger partial charge in [-0.2, -0.15) is 0 Å². The normalized spacial score (nSPS) is 14.2. The molecule has 5 nitrogen and oxygen atoms in total. The van der Waals surface area contributed by atoms with E-state index in [4.69, 9.17) is 11.5 Å². The van der Waals surface area contributed by atoms with E-state index in [1.54, 1.807) is 6.20 Å². The van der Waals surface area contributed by atoms with Crippen molar-refractivity contribution in [2.45, 2.75) is 38.4 Å². The Hall–Kier alpha value is -3.64. The molecule has 1 unspecified atom stereocenters. The number of pyridine rings is 1. The van der Waals surface area contributed by atoms with Crippen molar-refractivity contribution in [2.75, 3.05) is 18.8 Å². The van der Waals surface area contributed by atoms with Gasteiger partial charge in [-0.15, -0.1) is 0 Å². The molecule has 2 aromatic carbocycles. The van der Waals surface area contributed by atoms with Gasteiger partial charge >= 0.3 is 0 Å². The van der Waals surface area contributed by atoms with E-state index in [9.17, 15) is 4.39 Å². The van der Waals surface area contributed by atoms with E-state index in [2.05, 4.69) is 72.4 Å². The number of aryl methyl sites for hydroxylation is 1. The number of rotatable bonds is 7. The van der Waals surface area contributed by atoms with Crippen LogP contribution in [0.4, 0.5) is 10.2 Å². The highest BCUT2D eigenvalue weighted by Gasteiger charge is 2.22. The summed E-state index contributed by atoms with van der Waals surface area (Å²) in [5, 5.41) is 0. The van der Waals surface area contributed by atoms with E-state index in [-0.39, 0.29) is 0 Å². The van der Waals surface area contributed by atoms with E-state index in [0.717, 1.165) is 37.1 Å². The first-order valence-corrected chi connectivity index (χ1v) is 11.9. The minimum atomic E-state index is -0.691. The Balaban J connectivity index is 0.000000223. The number of nitrogens with two attached hydrogens (primary N) is 3. The fourth-order valence-corrected chi connectivity index (χ4v) is 3.73. The largest absolute Gasteiger partial charge is 0.405 e. The molecule has 2 heterocycles. The summed E-state index contributed by atoms with van der Waals surface area (Å²) in [4.78, 5) is 5.99. The Morgan fingerprint density at radius 3 is 2.23 bits per heavy atom. The summed E-state index contributed by atoms with van der Waals surface area (Å²) < 4.78 is 13.0. The molecule has 1 aliphatic rings. The van der Waals surface area contributed by atoms with Gasteiger partial charge in [-0.3, -0.25) is 0 Å². The Morgan fingerprint density at radius 2 is 1.66 bits per heavy atom. The van der Waals surface area contributed by atoms with Crippen LogP contribution in [-0.2, 0) is 19.4 Å². The zero-order chi connectivity index (χ0) is 25.5. The molecule has 0 saturated carbocycles. The van der Waals surface area contributed by atoms with Gasteiger partial charge in [0.05, 0.1) is 0 Å². The molecule has 1 aromatic heterocycles. The molecule has 0 radical (unpaired) electrons. The van der Waals surface area contributed by atoms with Crippen LogP contribution in [0, 0.1) is 0 Å². The van der Waals surface area contributed by atoms with Crippen LogP contribution in [0.3, 0.4) is 0 Å². The average molecular weight is 476 g/mol. The van der Waals surface area contributed by atoms with Crippen molar-refractivity contribution in [3.05, 3.63) is 120 Å². The van der Waals surface area contributed by atoms with Crippen molar-refractivity contribution in [1.29, 1.82) is 0 Å². The fourth-order valence-electron chi connectivity index (χ4n) is 3.73. The molecule has 0 spiro atoms. The van der Waals surface area contributed by atoms with Gasteiger partial charge in [-0.05, 0) is 66.3 Å². The summed E-state index contributed by atoms with van der Waals surface area (Å²) in [6.07, 6.45) is 5.60. The first-order chi connectivity index (χ1) is 16.9.